The predicted molar refractivity (Wildman–Crippen MR) is 173 cm³/mol. The van der Waals surface area contributed by atoms with Gasteiger partial charge in [-0.2, -0.15) is 0 Å². The maximum Gasteiger partial charge on any atom is 0.178 e. The van der Waals surface area contributed by atoms with Crippen LogP contribution in [0.15, 0.2) is 72.8 Å². The van der Waals surface area contributed by atoms with Crippen LogP contribution in [0.25, 0.3) is 32.7 Å². The van der Waals surface area contributed by atoms with E-state index in [-0.39, 0.29) is 0 Å². The van der Waals surface area contributed by atoms with Crippen LogP contribution in [0.2, 0.25) is 0 Å². The summed E-state index contributed by atoms with van der Waals surface area (Å²) in [4.78, 5) is 0. The van der Waals surface area contributed by atoms with Crippen LogP contribution in [-0.2, 0) is 41.7 Å². The van der Waals surface area contributed by atoms with Crippen molar-refractivity contribution < 1.29 is 4.57 Å². The number of halogens is 3. The number of rotatable bonds is 6. The fraction of sp³-hybridized carbons (Fsp3) is 0.200. The lowest BCUT2D eigenvalue weighted by Gasteiger charge is -2.23. The quantitative estimate of drug-likeness (QED) is 0.130. The smallest absolute Gasteiger partial charge is 0.178 e. The van der Waals surface area contributed by atoms with Crippen molar-refractivity contribution in [3.63, 3.8) is 0 Å². The molecule has 0 saturated heterocycles. The number of aryl methyl sites for hydroxylation is 3. The zero-order valence-corrected chi connectivity index (χ0v) is 27.0. The Kier molecular flexibility index (Phi) is 6.79. The Labute approximate surface area is 247 Å². The normalized spacial score (nSPS) is 12.4. The molecule has 0 saturated carbocycles. The lowest BCUT2D eigenvalue weighted by molar-refractivity contribution is 0.592. The second-order valence-electron chi connectivity index (χ2n) is 9.62. The molecular formula is C30H27Br3N3OP. The Bertz CT molecular complexity index is 1690. The Morgan fingerprint density at radius 1 is 0.526 bits per heavy atom. The van der Waals surface area contributed by atoms with Crippen LogP contribution in [0.3, 0.4) is 0 Å². The van der Waals surface area contributed by atoms with Crippen LogP contribution in [0, 0.1) is 0 Å². The molecule has 3 aromatic heterocycles. The number of hydrogen-bond acceptors (Lipinski definition) is 1. The lowest BCUT2D eigenvalue weighted by Crippen LogP contribution is -2.30. The summed E-state index contributed by atoms with van der Waals surface area (Å²) in [6, 6.07) is 25.1. The molecule has 0 spiro atoms. The van der Waals surface area contributed by atoms with Crippen molar-refractivity contribution in [1.82, 2.24) is 13.7 Å². The van der Waals surface area contributed by atoms with E-state index in [9.17, 15) is 0 Å². The van der Waals surface area contributed by atoms with E-state index in [1.165, 1.54) is 0 Å². The molecule has 0 aliphatic carbocycles. The number of fused-ring (bicyclic) bond motifs is 3. The van der Waals surface area contributed by atoms with Gasteiger partial charge in [-0.1, -0.05) is 102 Å². The highest BCUT2D eigenvalue weighted by molar-refractivity contribution is 9.09. The molecule has 3 aromatic carbocycles. The van der Waals surface area contributed by atoms with E-state index in [1.54, 1.807) is 0 Å². The molecule has 38 heavy (non-hydrogen) atoms. The summed E-state index contributed by atoms with van der Waals surface area (Å²) >= 11 is 11.4. The van der Waals surface area contributed by atoms with Gasteiger partial charge >= 0.3 is 0 Å². The summed E-state index contributed by atoms with van der Waals surface area (Å²) in [6.45, 7) is 0. The van der Waals surface area contributed by atoms with Gasteiger partial charge in [-0.3, -0.25) is 0 Å². The molecule has 0 bridgehead atoms. The largest absolute Gasteiger partial charge is 0.346 e. The summed E-state index contributed by atoms with van der Waals surface area (Å²) in [5.74, 6) is 0. The van der Waals surface area contributed by atoms with Crippen molar-refractivity contribution in [2.75, 3.05) is 0 Å². The van der Waals surface area contributed by atoms with E-state index in [2.05, 4.69) is 155 Å². The highest BCUT2D eigenvalue weighted by Crippen LogP contribution is 2.52. The summed E-state index contributed by atoms with van der Waals surface area (Å²) in [6.07, 6.45) is 0. The second-order valence-corrected chi connectivity index (χ2v) is 13.9. The van der Waals surface area contributed by atoms with E-state index >= 15 is 4.57 Å². The third kappa shape index (κ3) is 3.48. The van der Waals surface area contributed by atoms with Gasteiger partial charge in [0.2, 0.25) is 0 Å². The summed E-state index contributed by atoms with van der Waals surface area (Å²) < 4.78 is 23.3. The van der Waals surface area contributed by atoms with Gasteiger partial charge in [-0.25, -0.2) is 0 Å². The number of alkyl halides is 3. The fourth-order valence-corrected chi connectivity index (χ4v) is 12.8. The Morgan fingerprint density at radius 3 is 1.05 bits per heavy atom. The standard InChI is InChI=1S/C30H27Br3N3OP/c1-34-22-13-7-4-10-19(22)28(25(34)16-31)38(37,29-20-11-5-8-14-23(20)35(2)26(29)17-32)30-21-12-6-9-15-24(21)36(3)27(30)18-33/h4-15H,16-18H2,1-3H3. The molecule has 0 fully saturated rings. The zero-order chi connectivity index (χ0) is 26.8. The van der Waals surface area contributed by atoms with Gasteiger partial charge in [0, 0.05) is 103 Å². The van der Waals surface area contributed by atoms with Gasteiger partial charge in [-0.05, 0) is 18.2 Å². The second kappa shape index (κ2) is 9.85. The first kappa shape index (κ1) is 26.2. The molecule has 8 heteroatoms. The predicted octanol–water partition coefficient (Wildman–Crippen LogP) is 7.49. The van der Waals surface area contributed by atoms with Gasteiger partial charge in [-0.15, -0.1) is 0 Å². The summed E-state index contributed by atoms with van der Waals surface area (Å²) in [5, 5.41) is 7.67. The number of nitrogens with zero attached hydrogens (tertiary/aromatic N) is 3. The van der Waals surface area contributed by atoms with Gasteiger partial charge in [0.25, 0.3) is 0 Å². The van der Waals surface area contributed by atoms with Crippen LogP contribution in [0.1, 0.15) is 17.1 Å². The first-order chi connectivity index (χ1) is 18.4. The number of benzene rings is 3. The van der Waals surface area contributed by atoms with Gasteiger partial charge in [0.15, 0.2) is 7.14 Å². The topological polar surface area (TPSA) is 31.9 Å². The maximum absolute atomic E-state index is 16.7. The summed E-state index contributed by atoms with van der Waals surface area (Å²) in [7, 11) is 2.77. The minimum Gasteiger partial charge on any atom is -0.346 e. The Morgan fingerprint density at radius 2 is 0.789 bits per heavy atom. The van der Waals surface area contributed by atoms with Crippen LogP contribution in [0.5, 0.6) is 0 Å². The van der Waals surface area contributed by atoms with Gasteiger partial charge in [0.1, 0.15) is 0 Å². The third-order valence-electron chi connectivity index (χ3n) is 7.92. The van der Waals surface area contributed by atoms with Crippen molar-refractivity contribution in [2.24, 2.45) is 21.1 Å². The molecule has 0 atom stereocenters. The average molecular weight is 716 g/mol. The average Bonchev–Trinajstić information content (AvgIpc) is 3.53. The van der Waals surface area contributed by atoms with E-state index in [0.717, 1.165) is 65.7 Å². The van der Waals surface area contributed by atoms with E-state index in [0.29, 0.717) is 16.0 Å². The van der Waals surface area contributed by atoms with E-state index in [1.807, 2.05) is 0 Å². The first-order valence-electron chi connectivity index (χ1n) is 12.4. The maximum atomic E-state index is 16.7. The van der Waals surface area contributed by atoms with Crippen LogP contribution in [-0.4, -0.2) is 13.7 Å². The minimum absolute atomic E-state index is 0.598. The van der Waals surface area contributed by atoms with Gasteiger partial charge in [0.05, 0.1) is 0 Å². The molecule has 4 nitrogen and oxygen atoms in total. The minimum atomic E-state index is -3.47. The monoisotopic (exact) mass is 713 g/mol. The Balaban J connectivity index is 1.93. The van der Waals surface area contributed by atoms with Gasteiger partial charge < -0.3 is 18.3 Å². The molecule has 0 radical (unpaired) electrons. The number of para-hydroxylation sites is 3. The fourth-order valence-electron chi connectivity index (χ4n) is 6.13. The highest BCUT2D eigenvalue weighted by atomic mass is 79.9. The number of hydrogen-bond donors (Lipinski definition) is 0. The molecule has 0 unspecified atom stereocenters. The van der Waals surface area contributed by atoms with Crippen LogP contribution >= 0.6 is 54.9 Å². The van der Waals surface area contributed by atoms with Crippen LogP contribution in [0.4, 0.5) is 0 Å². The first-order valence-corrected chi connectivity index (χ1v) is 17.5. The molecule has 6 aromatic rings. The zero-order valence-electron chi connectivity index (χ0n) is 21.4. The molecular weight excluding hydrogens is 689 g/mol. The van der Waals surface area contributed by atoms with Crippen molar-refractivity contribution in [3.05, 3.63) is 89.9 Å². The third-order valence-corrected chi connectivity index (χ3v) is 12.9. The van der Waals surface area contributed by atoms with E-state index < -0.39 is 7.14 Å². The molecule has 3 heterocycles. The van der Waals surface area contributed by atoms with E-state index in [4.69, 9.17) is 0 Å². The van der Waals surface area contributed by atoms with Crippen molar-refractivity contribution >= 4 is 104 Å². The highest BCUT2D eigenvalue weighted by Gasteiger charge is 2.43. The van der Waals surface area contributed by atoms with Crippen molar-refractivity contribution in [2.45, 2.75) is 16.0 Å². The van der Waals surface area contributed by atoms with Crippen LogP contribution < -0.4 is 15.9 Å². The molecule has 0 aliphatic rings. The molecule has 194 valence electrons. The Hall–Kier alpha value is -2.05. The SMILES string of the molecule is Cn1c(CBr)c(P(=O)(c2c(CBr)n(C)c3ccccc23)c2c(CBr)n(C)c3ccccc23)c2ccccc21. The molecule has 0 aliphatic heterocycles. The van der Waals surface area contributed by atoms with Crippen molar-refractivity contribution in [1.29, 1.82) is 0 Å². The summed E-state index contributed by atoms with van der Waals surface area (Å²) in [5.41, 5.74) is 6.36. The molecule has 0 amide bonds. The molecule has 6 rings (SSSR count). The molecule has 0 N–H and O–H groups in total. The lowest BCUT2D eigenvalue weighted by atomic mass is 10.2. The number of aromatic nitrogens is 3. The van der Waals surface area contributed by atoms with Crippen molar-refractivity contribution in [3.8, 4) is 0 Å².